The number of benzene rings is 2. The molecule has 0 heterocycles. The number of phenolic OH excluding ortho intramolecular Hbond substituents is 1. The van der Waals surface area contributed by atoms with E-state index in [1.54, 1.807) is 64.1 Å². The highest BCUT2D eigenvalue weighted by atomic mass is 16.6. The standard InChI is InChI=1S/C28H38N4O8/c1-17-7-6-8-20(24(17)35)23(25(36)30-18-9-11-19(39-5)12-10-18)32(15-16-33)26(37)21(13-14-22(29)34)31-27(38)40-28(2,3)4/h6-12,21,23,33,35H,13-16H2,1-5H3,(H2,29,34)(H,30,36)(H,31,38). The molecule has 0 aliphatic rings. The van der Waals surface area contributed by atoms with Gasteiger partial charge in [0.05, 0.1) is 13.7 Å². The van der Waals surface area contributed by atoms with Gasteiger partial charge >= 0.3 is 6.09 Å². The van der Waals surface area contributed by atoms with E-state index < -0.39 is 48.1 Å². The van der Waals surface area contributed by atoms with Crippen LogP contribution < -0.4 is 21.1 Å². The van der Waals surface area contributed by atoms with Crippen molar-refractivity contribution in [1.29, 1.82) is 0 Å². The molecule has 40 heavy (non-hydrogen) atoms. The Balaban J connectivity index is 2.55. The Labute approximate surface area is 233 Å². The van der Waals surface area contributed by atoms with Gasteiger partial charge in [-0.1, -0.05) is 18.2 Å². The van der Waals surface area contributed by atoms with E-state index in [0.717, 1.165) is 4.90 Å². The number of nitrogens with one attached hydrogen (secondary N) is 2. The van der Waals surface area contributed by atoms with Crippen molar-refractivity contribution < 1.29 is 38.9 Å². The van der Waals surface area contributed by atoms with E-state index in [-0.39, 0.29) is 30.7 Å². The second-order valence-electron chi connectivity index (χ2n) is 10.1. The molecule has 0 aromatic heterocycles. The third kappa shape index (κ3) is 9.16. The molecule has 0 saturated carbocycles. The highest BCUT2D eigenvalue weighted by Crippen LogP contribution is 2.33. The Morgan fingerprint density at radius 2 is 1.73 bits per heavy atom. The number of nitrogens with two attached hydrogens (primary N) is 1. The van der Waals surface area contributed by atoms with Crippen LogP contribution in [0.1, 0.15) is 50.8 Å². The molecule has 0 aliphatic carbocycles. The summed E-state index contributed by atoms with van der Waals surface area (Å²) in [5.41, 5.74) is 5.36. The average molecular weight is 559 g/mol. The van der Waals surface area contributed by atoms with Crippen molar-refractivity contribution in [2.75, 3.05) is 25.6 Å². The first-order valence-electron chi connectivity index (χ1n) is 12.7. The fourth-order valence-corrected chi connectivity index (χ4v) is 3.91. The molecule has 2 aromatic carbocycles. The largest absolute Gasteiger partial charge is 0.507 e. The first-order valence-corrected chi connectivity index (χ1v) is 12.7. The Kier molecular flexibility index (Phi) is 11.3. The minimum absolute atomic E-state index is 0.0960. The number of amides is 4. The number of ether oxygens (including phenoxy) is 2. The first-order chi connectivity index (χ1) is 18.8. The van der Waals surface area contributed by atoms with E-state index in [0.29, 0.717) is 17.0 Å². The second kappa shape index (κ2) is 14.2. The summed E-state index contributed by atoms with van der Waals surface area (Å²) in [7, 11) is 1.50. The number of alkyl carbamates (subject to hydrolysis) is 1. The lowest BCUT2D eigenvalue weighted by molar-refractivity contribution is -0.141. The Bertz CT molecular complexity index is 1190. The summed E-state index contributed by atoms with van der Waals surface area (Å²) in [4.78, 5) is 52.8. The average Bonchev–Trinajstić information content (AvgIpc) is 2.87. The lowest BCUT2D eigenvalue weighted by atomic mass is 9.98. The van der Waals surface area contributed by atoms with E-state index in [1.165, 1.54) is 13.2 Å². The van der Waals surface area contributed by atoms with Crippen molar-refractivity contribution in [2.45, 2.75) is 58.2 Å². The third-order valence-corrected chi connectivity index (χ3v) is 5.77. The molecule has 0 aliphatic heterocycles. The summed E-state index contributed by atoms with van der Waals surface area (Å²) < 4.78 is 10.4. The van der Waals surface area contributed by atoms with Gasteiger partial charge in [0.2, 0.25) is 11.8 Å². The summed E-state index contributed by atoms with van der Waals surface area (Å²) in [5, 5.41) is 25.9. The van der Waals surface area contributed by atoms with Gasteiger partial charge in [0, 0.05) is 24.2 Å². The van der Waals surface area contributed by atoms with Crippen molar-refractivity contribution in [3.63, 3.8) is 0 Å². The van der Waals surface area contributed by atoms with Crippen molar-refractivity contribution in [3.05, 3.63) is 53.6 Å². The number of aliphatic hydroxyl groups is 1. The third-order valence-electron chi connectivity index (χ3n) is 5.77. The van der Waals surface area contributed by atoms with Crippen molar-refractivity contribution in [2.24, 2.45) is 5.73 Å². The molecule has 0 saturated heterocycles. The number of carbonyl (C=O) groups excluding carboxylic acids is 4. The van der Waals surface area contributed by atoms with Crippen LogP contribution in [-0.4, -0.2) is 70.8 Å². The maximum Gasteiger partial charge on any atom is 0.408 e. The normalized spacial score (nSPS) is 12.6. The number of aryl methyl sites for hydroxylation is 1. The zero-order valence-electron chi connectivity index (χ0n) is 23.4. The number of rotatable bonds is 12. The van der Waals surface area contributed by atoms with Crippen LogP contribution in [0, 0.1) is 6.92 Å². The van der Waals surface area contributed by atoms with Crippen LogP contribution in [0.15, 0.2) is 42.5 Å². The maximum atomic E-state index is 13.9. The van der Waals surface area contributed by atoms with Crippen LogP contribution in [0.3, 0.4) is 0 Å². The number of aliphatic hydroxyl groups excluding tert-OH is 1. The molecule has 12 nitrogen and oxygen atoms in total. The summed E-state index contributed by atoms with van der Waals surface area (Å²) in [6, 6.07) is 8.43. The number of primary amides is 1. The van der Waals surface area contributed by atoms with Crippen LogP contribution in [0.2, 0.25) is 0 Å². The topological polar surface area (TPSA) is 181 Å². The molecule has 2 unspecified atom stereocenters. The van der Waals surface area contributed by atoms with Crippen molar-refractivity contribution in [1.82, 2.24) is 10.2 Å². The monoisotopic (exact) mass is 558 g/mol. The van der Waals surface area contributed by atoms with Crippen molar-refractivity contribution in [3.8, 4) is 11.5 Å². The molecule has 2 rings (SSSR count). The number of phenols is 1. The fourth-order valence-electron chi connectivity index (χ4n) is 3.91. The van der Waals surface area contributed by atoms with Crippen LogP contribution in [-0.2, 0) is 19.1 Å². The Morgan fingerprint density at radius 3 is 2.27 bits per heavy atom. The lowest BCUT2D eigenvalue weighted by Crippen LogP contribution is -2.53. The molecule has 2 atom stereocenters. The first kappa shape index (κ1) is 31.9. The van der Waals surface area contributed by atoms with Gasteiger partial charge in [0.1, 0.15) is 29.2 Å². The SMILES string of the molecule is COc1ccc(NC(=O)C(c2cccc(C)c2O)N(CCO)C(=O)C(CCC(N)=O)NC(=O)OC(C)(C)C)cc1. The number of hydrogen-bond acceptors (Lipinski definition) is 8. The Morgan fingerprint density at radius 1 is 1.07 bits per heavy atom. The van der Waals surface area contributed by atoms with Gasteiger partial charge in [-0.15, -0.1) is 0 Å². The molecule has 0 radical (unpaired) electrons. The van der Waals surface area contributed by atoms with Gasteiger partial charge in [0.25, 0.3) is 5.91 Å². The highest BCUT2D eigenvalue weighted by Gasteiger charge is 2.37. The molecule has 2 aromatic rings. The van der Waals surface area contributed by atoms with Gasteiger partial charge in [0.15, 0.2) is 0 Å². The number of hydrogen-bond donors (Lipinski definition) is 5. The smallest absolute Gasteiger partial charge is 0.408 e. The summed E-state index contributed by atoms with van der Waals surface area (Å²) in [5.74, 6) is -1.85. The molecular weight excluding hydrogens is 520 g/mol. The van der Waals surface area contributed by atoms with Crippen LogP contribution >= 0.6 is 0 Å². The highest BCUT2D eigenvalue weighted by molar-refractivity contribution is 5.99. The van der Waals surface area contributed by atoms with Gasteiger partial charge in [-0.3, -0.25) is 14.4 Å². The zero-order valence-corrected chi connectivity index (χ0v) is 23.4. The molecule has 0 fully saturated rings. The predicted molar refractivity (Wildman–Crippen MR) is 148 cm³/mol. The van der Waals surface area contributed by atoms with E-state index in [2.05, 4.69) is 10.6 Å². The zero-order chi connectivity index (χ0) is 30.0. The van der Waals surface area contributed by atoms with Crippen LogP contribution in [0.4, 0.5) is 10.5 Å². The minimum atomic E-state index is -1.43. The molecule has 218 valence electrons. The molecule has 6 N–H and O–H groups in total. The molecule has 12 heteroatoms. The number of aromatic hydroxyl groups is 1. The Hall–Kier alpha value is -4.32. The molecule has 0 spiro atoms. The number of para-hydroxylation sites is 1. The number of methoxy groups -OCH3 is 1. The summed E-state index contributed by atoms with van der Waals surface area (Å²) >= 11 is 0. The number of carbonyl (C=O) groups is 4. The summed E-state index contributed by atoms with van der Waals surface area (Å²) in [6.07, 6.45) is -1.36. The molecule has 0 bridgehead atoms. The van der Waals surface area contributed by atoms with E-state index in [1.807, 2.05) is 0 Å². The van der Waals surface area contributed by atoms with E-state index in [4.69, 9.17) is 15.2 Å². The second-order valence-corrected chi connectivity index (χ2v) is 10.1. The van der Waals surface area contributed by atoms with E-state index in [9.17, 15) is 29.4 Å². The van der Waals surface area contributed by atoms with Gasteiger partial charge in [-0.2, -0.15) is 0 Å². The predicted octanol–water partition coefficient (Wildman–Crippen LogP) is 2.37. The summed E-state index contributed by atoms with van der Waals surface area (Å²) in [6.45, 7) is 5.69. The number of nitrogens with zero attached hydrogens (tertiary/aromatic N) is 1. The van der Waals surface area contributed by atoms with Crippen LogP contribution in [0.5, 0.6) is 11.5 Å². The van der Waals surface area contributed by atoms with Gasteiger partial charge in [-0.05, 0) is 63.9 Å². The van der Waals surface area contributed by atoms with E-state index >= 15 is 0 Å². The minimum Gasteiger partial charge on any atom is -0.507 e. The fraction of sp³-hybridized carbons (Fsp3) is 0.429. The van der Waals surface area contributed by atoms with Gasteiger partial charge in [-0.25, -0.2) is 4.79 Å². The van der Waals surface area contributed by atoms with Crippen LogP contribution in [0.25, 0.3) is 0 Å². The number of anilines is 1. The lowest BCUT2D eigenvalue weighted by Gasteiger charge is -2.34. The molecule has 4 amide bonds. The maximum absolute atomic E-state index is 13.9. The molecular formula is C28H38N4O8. The quantitative estimate of drug-likeness (QED) is 0.263. The van der Waals surface area contributed by atoms with Crippen molar-refractivity contribution >= 4 is 29.5 Å². The van der Waals surface area contributed by atoms with Gasteiger partial charge < -0.3 is 41.0 Å².